The molecule has 0 radical (unpaired) electrons. The normalized spacial score (nSPS) is 16.4. The van der Waals surface area contributed by atoms with E-state index < -0.39 is 0 Å². The lowest BCUT2D eigenvalue weighted by molar-refractivity contribution is -0.135. The van der Waals surface area contributed by atoms with Crippen molar-refractivity contribution in [1.82, 2.24) is 14.7 Å². The fourth-order valence-electron chi connectivity index (χ4n) is 3.29. The number of hydrogen-bond donors (Lipinski definition) is 0. The van der Waals surface area contributed by atoms with Gasteiger partial charge in [0.1, 0.15) is 24.7 Å². The van der Waals surface area contributed by atoms with Crippen LogP contribution in [-0.4, -0.2) is 33.2 Å². The minimum Gasteiger partial charge on any atom is -0.491 e. The molecule has 3 aromatic rings. The monoisotopic (exact) mass is 365 g/mol. The summed E-state index contributed by atoms with van der Waals surface area (Å²) in [5.74, 6) is 0.471. The van der Waals surface area contributed by atoms with Gasteiger partial charge in [-0.25, -0.2) is 4.39 Å². The van der Waals surface area contributed by atoms with Gasteiger partial charge in [-0.2, -0.15) is 5.10 Å². The molecular weight excluding hydrogens is 345 g/mol. The van der Waals surface area contributed by atoms with E-state index in [0.717, 1.165) is 22.4 Å². The van der Waals surface area contributed by atoms with E-state index in [-0.39, 0.29) is 24.3 Å². The number of nitrogens with zero attached hydrogens (tertiary/aromatic N) is 3. The standard InChI is InChI=1S/C21H20FN3O2/c1-15-14-27-20-7-6-17(16-4-2-5-19(22)11-16)10-18(20)12-25(15)21(26)13-24-9-3-8-23-24/h2-11,15H,12-14H2,1H3/t15-/m0/s1. The number of rotatable bonds is 3. The second kappa shape index (κ2) is 7.23. The van der Waals surface area contributed by atoms with Gasteiger partial charge >= 0.3 is 0 Å². The molecule has 0 fully saturated rings. The third-order valence-corrected chi connectivity index (χ3v) is 4.75. The van der Waals surface area contributed by atoms with Crippen LogP contribution in [0, 0.1) is 5.82 Å². The maximum absolute atomic E-state index is 13.6. The molecule has 1 amide bonds. The molecule has 27 heavy (non-hydrogen) atoms. The van der Waals surface area contributed by atoms with Crippen molar-refractivity contribution in [1.29, 1.82) is 0 Å². The average molecular weight is 365 g/mol. The van der Waals surface area contributed by atoms with Crippen LogP contribution in [0.25, 0.3) is 11.1 Å². The van der Waals surface area contributed by atoms with Gasteiger partial charge in [0.25, 0.3) is 0 Å². The van der Waals surface area contributed by atoms with Crippen molar-refractivity contribution >= 4 is 5.91 Å². The Hall–Kier alpha value is -3.15. The van der Waals surface area contributed by atoms with Crippen LogP contribution in [0.5, 0.6) is 5.75 Å². The van der Waals surface area contributed by atoms with Gasteiger partial charge in [-0.3, -0.25) is 9.48 Å². The fourth-order valence-corrected chi connectivity index (χ4v) is 3.29. The van der Waals surface area contributed by atoms with Crippen LogP contribution < -0.4 is 4.74 Å². The van der Waals surface area contributed by atoms with Gasteiger partial charge in [-0.1, -0.05) is 18.2 Å². The lowest BCUT2D eigenvalue weighted by Crippen LogP contribution is -2.41. The van der Waals surface area contributed by atoms with E-state index in [1.165, 1.54) is 12.1 Å². The molecule has 6 heteroatoms. The highest BCUT2D eigenvalue weighted by Gasteiger charge is 2.26. The van der Waals surface area contributed by atoms with Crippen molar-refractivity contribution in [3.05, 3.63) is 72.3 Å². The van der Waals surface area contributed by atoms with Crippen LogP contribution in [0.2, 0.25) is 0 Å². The first-order chi connectivity index (χ1) is 13.1. The third kappa shape index (κ3) is 3.69. The largest absolute Gasteiger partial charge is 0.491 e. The van der Waals surface area contributed by atoms with E-state index in [1.54, 1.807) is 29.2 Å². The van der Waals surface area contributed by atoms with E-state index in [9.17, 15) is 9.18 Å². The average Bonchev–Trinajstić information content (AvgIpc) is 3.11. The molecule has 0 saturated carbocycles. The zero-order valence-electron chi connectivity index (χ0n) is 15.0. The molecule has 1 aliphatic rings. The number of carbonyl (C=O) groups excluding carboxylic acids is 1. The number of benzene rings is 2. The molecule has 0 saturated heterocycles. The fraction of sp³-hybridized carbons (Fsp3) is 0.238. The highest BCUT2D eigenvalue weighted by Crippen LogP contribution is 2.30. The SMILES string of the molecule is C[C@H]1COc2ccc(-c3cccc(F)c3)cc2CN1C(=O)Cn1cccn1. The van der Waals surface area contributed by atoms with E-state index >= 15 is 0 Å². The molecule has 1 aromatic heterocycles. The molecule has 1 aliphatic heterocycles. The number of amides is 1. The maximum Gasteiger partial charge on any atom is 0.244 e. The molecule has 138 valence electrons. The summed E-state index contributed by atoms with van der Waals surface area (Å²) in [5.41, 5.74) is 2.60. The second-order valence-corrected chi connectivity index (χ2v) is 6.72. The van der Waals surface area contributed by atoms with Crippen molar-refractivity contribution in [2.75, 3.05) is 6.61 Å². The molecule has 5 nitrogen and oxygen atoms in total. The van der Waals surface area contributed by atoms with E-state index in [4.69, 9.17) is 4.74 Å². The Balaban J connectivity index is 1.62. The van der Waals surface area contributed by atoms with Crippen molar-refractivity contribution in [2.45, 2.75) is 26.1 Å². The predicted molar refractivity (Wildman–Crippen MR) is 99.6 cm³/mol. The summed E-state index contributed by atoms with van der Waals surface area (Å²) < 4.78 is 21.1. The lowest BCUT2D eigenvalue weighted by Gasteiger charge is -2.26. The van der Waals surface area contributed by atoms with Gasteiger partial charge in [-0.15, -0.1) is 0 Å². The highest BCUT2D eigenvalue weighted by molar-refractivity contribution is 5.76. The smallest absolute Gasteiger partial charge is 0.244 e. The summed E-state index contributed by atoms with van der Waals surface area (Å²) in [6.07, 6.45) is 3.43. The van der Waals surface area contributed by atoms with Crippen LogP contribution in [-0.2, 0) is 17.9 Å². The third-order valence-electron chi connectivity index (χ3n) is 4.75. The summed E-state index contributed by atoms with van der Waals surface area (Å²) in [6.45, 7) is 3.04. The number of carbonyl (C=O) groups is 1. The maximum atomic E-state index is 13.6. The van der Waals surface area contributed by atoms with Crippen molar-refractivity contribution < 1.29 is 13.9 Å². The summed E-state index contributed by atoms with van der Waals surface area (Å²) >= 11 is 0. The summed E-state index contributed by atoms with van der Waals surface area (Å²) in [7, 11) is 0. The van der Waals surface area contributed by atoms with Crippen LogP contribution in [0.1, 0.15) is 12.5 Å². The van der Waals surface area contributed by atoms with E-state index in [1.807, 2.05) is 36.1 Å². The van der Waals surface area contributed by atoms with Crippen LogP contribution in [0.3, 0.4) is 0 Å². The minimum absolute atomic E-state index is 0.0150. The molecule has 2 heterocycles. The Kier molecular flexibility index (Phi) is 4.62. The number of aromatic nitrogens is 2. The molecule has 0 bridgehead atoms. The zero-order chi connectivity index (χ0) is 18.8. The minimum atomic E-state index is -0.275. The summed E-state index contributed by atoms with van der Waals surface area (Å²) in [4.78, 5) is 14.6. The Morgan fingerprint density at radius 1 is 1.22 bits per heavy atom. The van der Waals surface area contributed by atoms with Gasteiger partial charge in [0.05, 0.1) is 6.04 Å². The molecule has 0 spiro atoms. The quantitative estimate of drug-likeness (QED) is 0.714. The first-order valence-electron chi connectivity index (χ1n) is 8.89. The van der Waals surface area contributed by atoms with E-state index in [0.29, 0.717) is 13.2 Å². The van der Waals surface area contributed by atoms with Crippen molar-refractivity contribution in [3.8, 4) is 16.9 Å². The molecule has 0 aliphatic carbocycles. The molecule has 1 atom stereocenters. The lowest BCUT2D eigenvalue weighted by atomic mass is 10.0. The van der Waals surface area contributed by atoms with Crippen LogP contribution in [0.15, 0.2) is 60.9 Å². The predicted octanol–water partition coefficient (Wildman–Crippen LogP) is 3.50. The number of fused-ring (bicyclic) bond motifs is 1. The first-order valence-corrected chi connectivity index (χ1v) is 8.89. The number of hydrogen-bond acceptors (Lipinski definition) is 3. The number of halogens is 1. The van der Waals surface area contributed by atoms with Gasteiger partial charge in [0, 0.05) is 24.5 Å². The van der Waals surface area contributed by atoms with Gasteiger partial charge < -0.3 is 9.64 Å². The first kappa shape index (κ1) is 17.3. The second-order valence-electron chi connectivity index (χ2n) is 6.72. The van der Waals surface area contributed by atoms with Gasteiger partial charge in [0.2, 0.25) is 5.91 Å². The molecule has 0 unspecified atom stereocenters. The van der Waals surface area contributed by atoms with Crippen molar-refractivity contribution in [3.63, 3.8) is 0 Å². The van der Waals surface area contributed by atoms with E-state index in [2.05, 4.69) is 5.10 Å². The highest BCUT2D eigenvalue weighted by atomic mass is 19.1. The van der Waals surface area contributed by atoms with Gasteiger partial charge in [0.15, 0.2) is 0 Å². The molecule has 2 aromatic carbocycles. The van der Waals surface area contributed by atoms with Crippen LogP contribution >= 0.6 is 0 Å². The van der Waals surface area contributed by atoms with Crippen molar-refractivity contribution in [2.24, 2.45) is 0 Å². The molecule has 4 rings (SSSR count). The zero-order valence-corrected chi connectivity index (χ0v) is 15.0. The van der Waals surface area contributed by atoms with Gasteiger partial charge in [-0.05, 0) is 48.4 Å². The topological polar surface area (TPSA) is 47.4 Å². The number of ether oxygens (including phenoxy) is 1. The molecule has 0 N–H and O–H groups in total. The summed E-state index contributed by atoms with van der Waals surface area (Å²) in [5, 5.41) is 4.11. The summed E-state index contributed by atoms with van der Waals surface area (Å²) in [6, 6.07) is 14.0. The Morgan fingerprint density at radius 2 is 2.07 bits per heavy atom. The Bertz CT molecular complexity index is 956. The Labute approximate surface area is 157 Å². The molecular formula is C21H20FN3O2. The Morgan fingerprint density at radius 3 is 2.85 bits per heavy atom. The van der Waals surface area contributed by atoms with Crippen LogP contribution in [0.4, 0.5) is 4.39 Å².